The molecule has 0 saturated carbocycles. The normalized spacial score (nSPS) is 11.7. The van der Waals surface area contributed by atoms with Crippen LogP contribution in [-0.4, -0.2) is 0 Å². The second-order valence-electron chi connectivity index (χ2n) is 16.9. The quantitative estimate of drug-likeness (QED) is 0.160. The first-order chi connectivity index (χ1) is 32.2. The molecule has 13 rings (SSSR count). The Morgan fingerprint density at radius 3 is 1.46 bits per heavy atom. The number of hydrogen-bond acceptors (Lipinski definition) is 3. The van der Waals surface area contributed by atoms with Gasteiger partial charge in [-0.1, -0.05) is 164 Å². The third-order valence-corrected chi connectivity index (χ3v) is 13.1. The van der Waals surface area contributed by atoms with E-state index in [0.717, 1.165) is 88.8 Å². The van der Waals surface area contributed by atoms with E-state index in [4.69, 9.17) is 8.83 Å². The van der Waals surface area contributed by atoms with Gasteiger partial charge in [0.2, 0.25) is 0 Å². The maximum atomic E-state index is 6.43. The van der Waals surface area contributed by atoms with Crippen LogP contribution in [0.4, 0.5) is 17.1 Å². The van der Waals surface area contributed by atoms with E-state index in [2.05, 4.69) is 229 Å². The van der Waals surface area contributed by atoms with Crippen LogP contribution in [0, 0.1) is 0 Å². The van der Waals surface area contributed by atoms with Crippen LogP contribution in [0.5, 0.6) is 0 Å². The van der Waals surface area contributed by atoms with Gasteiger partial charge in [-0.25, -0.2) is 0 Å². The van der Waals surface area contributed by atoms with E-state index in [0.29, 0.717) is 0 Å². The van der Waals surface area contributed by atoms with Crippen LogP contribution in [0.25, 0.3) is 110 Å². The van der Waals surface area contributed by atoms with Gasteiger partial charge in [0, 0.05) is 38.5 Å². The lowest BCUT2D eigenvalue weighted by molar-refractivity contribution is 0.669. The van der Waals surface area contributed by atoms with Crippen molar-refractivity contribution in [2.45, 2.75) is 0 Å². The number of nitrogens with zero attached hydrogens (tertiary/aromatic N) is 1. The predicted octanol–water partition coefficient (Wildman–Crippen LogP) is 17.9. The third-order valence-electron chi connectivity index (χ3n) is 13.1. The van der Waals surface area contributed by atoms with Gasteiger partial charge in [0.15, 0.2) is 0 Å². The van der Waals surface area contributed by atoms with Crippen LogP contribution in [0.15, 0.2) is 245 Å². The lowest BCUT2D eigenvalue weighted by Crippen LogP contribution is -2.11. The number of hydrogen-bond donors (Lipinski definition) is 0. The van der Waals surface area contributed by atoms with Gasteiger partial charge >= 0.3 is 0 Å². The second-order valence-corrected chi connectivity index (χ2v) is 16.9. The van der Waals surface area contributed by atoms with Gasteiger partial charge in [-0.05, 0) is 133 Å². The first kappa shape index (κ1) is 36.9. The molecule has 2 aromatic heterocycles. The van der Waals surface area contributed by atoms with Gasteiger partial charge in [-0.2, -0.15) is 0 Å². The average Bonchev–Trinajstić information content (AvgIpc) is 3.93. The highest BCUT2D eigenvalue weighted by molar-refractivity contribution is 6.11. The van der Waals surface area contributed by atoms with E-state index in [-0.39, 0.29) is 0 Å². The highest BCUT2D eigenvalue weighted by Gasteiger charge is 2.19. The summed E-state index contributed by atoms with van der Waals surface area (Å²) in [7, 11) is 0. The van der Waals surface area contributed by atoms with Crippen molar-refractivity contribution >= 4 is 82.5 Å². The third kappa shape index (κ3) is 6.36. The molecule has 0 radical (unpaired) electrons. The molecular formula is C62H39NO2. The lowest BCUT2D eigenvalue weighted by Gasteiger charge is -2.28. The number of para-hydroxylation sites is 2. The molecule has 0 aliphatic carbocycles. The Hall–Kier alpha value is -8.66. The van der Waals surface area contributed by atoms with Crippen LogP contribution in [-0.2, 0) is 0 Å². The van der Waals surface area contributed by atoms with Gasteiger partial charge < -0.3 is 13.7 Å². The minimum atomic E-state index is 0.881. The number of fused-ring (bicyclic) bond motifs is 8. The Kier molecular flexibility index (Phi) is 8.53. The van der Waals surface area contributed by atoms with Gasteiger partial charge in [0.25, 0.3) is 0 Å². The van der Waals surface area contributed by atoms with Crippen LogP contribution in [0.3, 0.4) is 0 Å². The van der Waals surface area contributed by atoms with Crippen molar-refractivity contribution in [1.82, 2.24) is 0 Å². The summed E-state index contributed by atoms with van der Waals surface area (Å²) in [6.45, 7) is 0. The summed E-state index contributed by atoms with van der Waals surface area (Å²) in [6, 6.07) is 84.9. The van der Waals surface area contributed by atoms with E-state index in [9.17, 15) is 0 Å². The molecular weight excluding hydrogens is 791 g/mol. The van der Waals surface area contributed by atoms with Crippen molar-refractivity contribution in [2.75, 3.05) is 4.90 Å². The topological polar surface area (TPSA) is 29.5 Å². The minimum Gasteiger partial charge on any atom is -0.456 e. The van der Waals surface area contributed by atoms with Crippen molar-refractivity contribution in [1.29, 1.82) is 0 Å². The minimum absolute atomic E-state index is 0.881. The smallest absolute Gasteiger partial charge is 0.136 e. The van der Waals surface area contributed by atoms with E-state index >= 15 is 0 Å². The number of benzene rings is 11. The maximum absolute atomic E-state index is 6.43. The molecule has 3 nitrogen and oxygen atoms in total. The Morgan fingerprint density at radius 2 is 0.708 bits per heavy atom. The van der Waals surface area contributed by atoms with Crippen LogP contribution in [0.2, 0.25) is 0 Å². The molecule has 0 fully saturated rings. The fourth-order valence-corrected chi connectivity index (χ4v) is 9.80. The molecule has 0 spiro atoms. The fourth-order valence-electron chi connectivity index (χ4n) is 9.80. The molecule has 65 heavy (non-hydrogen) atoms. The molecule has 13 aromatic rings. The zero-order valence-electron chi connectivity index (χ0n) is 35.3. The van der Waals surface area contributed by atoms with Crippen molar-refractivity contribution in [3.8, 4) is 44.5 Å². The summed E-state index contributed by atoms with van der Waals surface area (Å²) in [5.41, 5.74) is 16.1. The van der Waals surface area contributed by atoms with Crippen LogP contribution < -0.4 is 4.90 Å². The molecule has 11 aromatic carbocycles. The fraction of sp³-hybridized carbons (Fsp3) is 0. The van der Waals surface area contributed by atoms with Crippen molar-refractivity contribution in [3.63, 3.8) is 0 Å². The van der Waals surface area contributed by atoms with E-state index in [1.165, 1.54) is 38.2 Å². The van der Waals surface area contributed by atoms with E-state index < -0.39 is 0 Å². The van der Waals surface area contributed by atoms with E-state index in [1.54, 1.807) is 0 Å². The van der Waals surface area contributed by atoms with Crippen LogP contribution >= 0.6 is 0 Å². The highest BCUT2D eigenvalue weighted by Crippen LogP contribution is 2.44. The molecule has 0 unspecified atom stereocenters. The molecule has 0 atom stereocenters. The first-order valence-corrected chi connectivity index (χ1v) is 22.1. The Morgan fingerprint density at radius 1 is 0.246 bits per heavy atom. The molecule has 0 bridgehead atoms. The molecule has 0 N–H and O–H groups in total. The zero-order chi connectivity index (χ0) is 42.8. The number of rotatable bonds is 7. The summed E-state index contributed by atoms with van der Waals surface area (Å²) in [5, 5.41) is 9.36. The monoisotopic (exact) mass is 829 g/mol. The Labute approximate surface area is 375 Å². The lowest BCUT2D eigenvalue weighted by atomic mass is 9.96. The Bertz CT molecular complexity index is 3930. The molecule has 2 heterocycles. The standard InChI is InChI=1S/C62H39NO2/c1-2-12-46-39-62-57(36-45(46)11-1)56-38-48(29-35-61(56)65-62)53-15-5-7-18-58(53)63(50-32-26-42(27-33-50)47-28-34-60-55(37-47)54-16-6-8-19-59(54)64-60)49-30-24-41(25-31-49)40-20-22-44(23-21-40)52-17-9-13-43-10-3-4-14-51(43)52/h1-39H. The summed E-state index contributed by atoms with van der Waals surface area (Å²) >= 11 is 0. The molecule has 0 saturated heterocycles. The number of anilines is 3. The van der Waals surface area contributed by atoms with Crippen molar-refractivity contribution in [3.05, 3.63) is 237 Å². The van der Waals surface area contributed by atoms with E-state index in [1.807, 2.05) is 12.1 Å². The summed E-state index contributed by atoms with van der Waals surface area (Å²) in [6.07, 6.45) is 0. The summed E-state index contributed by atoms with van der Waals surface area (Å²) in [5.74, 6) is 0. The second kappa shape index (κ2) is 15.0. The molecule has 0 aliphatic heterocycles. The van der Waals surface area contributed by atoms with Gasteiger partial charge in [-0.3, -0.25) is 0 Å². The SMILES string of the molecule is c1ccc(N(c2ccc(-c3ccc(-c4cccc5ccccc45)cc3)cc2)c2ccc(-c3ccc4oc5ccccc5c4c3)cc2)c(-c2ccc3oc4cc5ccccc5cc4c3c2)c1. The predicted molar refractivity (Wildman–Crippen MR) is 272 cm³/mol. The molecule has 3 heteroatoms. The van der Waals surface area contributed by atoms with Crippen LogP contribution in [0.1, 0.15) is 0 Å². The summed E-state index contributed by atoms with van der Waals surface area (Å²) in [4.78, 5) is 2.38. The largest absolute Gasteiger partial charge is 0.456 e. The Balaban J connectivity index is 0.906. The summed E-state index contributed by atoms with van der Waals surface area (Å²) < 4.78 is 12.6. The maximum Gasteiger partial charge on any atom is 0.136 e. The molecule has 0 amide bonds. The molecule has 304 valence electrons. The zero-order valence-corrected chi connectivity index (χ0v) is 35.3. The highest BCUT2D eigenvalue weighted by atomic mass is 16.3. The van der Waals surface area contributed by atoms with Gasteiger partial charge in [-0.15, -0.1) is 0 Å². The average molecular weight is 830 g/mol. The first-order valence-electron chi connectivity index (χ1n) is 22.1. The van der Waals surface area contributed by atoms with Gasteiger partial charge in [0.05, 0.1) is 5.69 Å². The van der Waals surface area contributed by atoms with Gasteiger partial charge in [0.1, 0.15) is 22.3 Å². The molecule has 0 aliphatic rings. The van der Waals surface area contributed by atoms with Crippen molar-refractivity contribution < 1.29 is 8.83 Å². The van der Waals surface area contributed by atoms with Crippen molar-refractivity contribution in [2.24, 2.45) is 0 Å². The number of furan rings is 2.